The molecule has 0 N–H and O–H groups in total. The molecule has 0 aromatic carbocycles. The fraction of sp³-hybridized carbons (Fsp3) is 0.931. The van der Waals surface area contributed by atoms with E-state index in [4.69, 9.17) is 4.74 Å². The molecule has 0 atom stereocenters. The molecule has 0 heterocycles. The van der Waals surface area contributed by atoms with Crippen LogP contribution in [0.2, 0.25) is 0 Å². The van der Waals surface area contributed by atoms with Crippen LogP contribution in [-0.2, 0) is 14.3 Å². The third-order valence-electron chi connectivity index (χ3n) is 6.78. The third kappa shape index (κ3) is 21.4. The van der Waals surface area contributed by atoms with E-state index in [9.17, 15) is 9.59 Å². The number of hydrogen-bond acceptors (Lipinski definition) is 4. The Morgan fingerprint density at radius 2 is 0.970 bits per heavy atom. The van der Waals surface area contributed by atoms with Crippen molar-refractivity contribution in [2.75, 3.05) is 20.2 Å². The molecule has 0 saturated heterocycles. The average molecular weight is 468 g/mol. The van der Waals surface area contributed by atoms with Crippen LogP contribution in [0.4, 0.5) is 0 Å². The molecule has 0 rings (SSSR count). The summed E-state index contributed by atoms with van der Waals surface area (Å²) in [6.45, 7) is 6.74. The number of ether oxygens (including phenoxy) is 1. The molecule has 4 nitrogen and oxygen atoms in total. The zero-order valence-corrected chi connectivity index (χ0v) is 22.8. The number of methoxy groups -OCH3 is 1. The summed E-state index contributed by atoms with van der Waals surface area (Å²) in [4.78, 5) is 25.9. The quantitative estimate of drug-likeness (QED) is 0.100. The van der Waals surface area contributed by atoms with Gasteiger partial charge in [0.25, 0.3) is 0 Å². The van der Waals surface area contributed by atoms with E-state index in [1.54, 1.807) is 6.92 Å². The minimum absolute atomic E-state index is 0.128. The maximum absolute atomic E-state index is 12.0. The van der Waals surface area contributed by atoms with Gasteiger partial charge in [-0.25, -0.2) is 0 Å². The van der Waals surface area contributed by atoms with Crippen molar-refractivity contribution >= 4 is 11.8 Å². The summed E-state index contributed by atoms with van der Waals surface area (Å²) in [5, 5.41) is 0. The van der Waals surface area contributed by atoms with E-state index in [0.29, 0.717) is 12.6 Å². The van der Waals surface area contributed by atoms with Gasteiger partial charge in [0.15, 0.2) is 0 Å². The first kappa shape index (κ1) is 32.1. The molecule has 0 fully saturated rings. The van der Waals surface area contributed by atoms with E-state index in [1.807, 2.05) is 0 Å². The molecule has 0 unspecified atom stereocenters. The van der Waals surface area contributed by atoms with Crippen LogP contribution in [0.3, 0.4) is 0 Å². The van der Waals surface area contributed by atoms with Gasteiger partial charge in [0.05, 0.1) is 20.2 Å². The van der Waals surface area contributed by atoms with Crippen molar-refractivity contribution in [1.29, 1.82) is 0 Å². The lowest BCUT2D eigenvalue weighted by molar-refractivity contribution is -0.143. The highest BCUT2D eigenvalue weighted by molar-refractivity contribution is 5.79. The largest absolute Gasteiger partial charge is 0.468 e. The smallest absolute Gasteiger partial charge is 0.319 e. The first-order valence-corrected chi connectivity index (χ1v) is 14.3. The second-order valence-corrected chi connectivity index (χ2v) is 10.1. The lowest BCUT2D eigenvalue weighted by Gasteiger charge is -2.30. The first-order chi connectivity index (χ1) is 16.0. The molecule has 0 spiro atoms. The predicted octanol–water partition coefficient (Wildman–Crippen LogP) is 8.26. The number of esters is 1. The summed E-state index contributed by atoms with van der Waals surface area (Å²) in [6.07, 6.45) is 25.9. The maximum atomic E-state index is 12.0. The monoisotopic (exact) mass is 467 g/mol. The van der Waals surface area contributed by atoms with Gasteiger partial charge in [-0.05, 0) is 19.8 Å². The Balaban J connectivity index is 4.40. The van der Waals surface area contributed by atoms with E-state index in [0.717, 1.165) is 12.8 Å². The van der Waals surface area contributed by atoms with E-state index < -0.39 is 0 Å². The highest BCUT2D eigenvalue weighted by Crippen LogP contribution is 2.20. The molecule has 0 aromatic rings. The second kappa shape index (κ2) is 24.2. The molecule has 196 valence electrons. The van der Waals surface area contributed by atoms with Crippen molar-refractivity contribution in [3.8, 4) is 0 Å². The van der Waals surface area contributed by atoms with Gasteiger partial charge in [0.1, 0.15) is 5.78 Å². The zero-order chi connectivity index (χ0) is 24.6. The van der Waals surface area contributed by atoms with E-state index in [2.05, 4.69) is 18.7 Å². The van der Waals surface area contributed by atoms with Gasteiger partial charge < -0.3 is 4.74 Å². The van der Waals surface area contributed by atoms with Gasteiger partial charge in [-0.1, -0.05) is 129 Å². The molecular formula is C29H57NO3. The van der Waals surface area contributed by atoms with Crippen LogP contribution in [-0.4, -0.2) is 42.9 Å². The molecule has 33 heavy (non-hydrogen) atoms. The van der Waals surface area contributed by atoms with Gasteiger partial charge in [0.2, 0.25) is 0 Å². The summed E-state index contributed by atoms with van der Waals surface area (Å²) in [5.74, 6) is -0.108. The normalized spacial score (nSPS) is 11.5. The van der Waals surface area contributed by atoms with E-state index >= 15 is 0 Å². The minimum Gasteiger partial charge on any atom is -0.468 e. The Morgan fingerprint density at radius 1 is 0.606 bits per heavy atom. The Kier molecular flexibility index (Phi) is 23.6. The molecule has 0 bridgehead atoms. The number of carbonyl (C=O) groups excluding carboxylic acids is 2. The van der Waals surface area contributed by atoms with Crippen LogP contribution in [0.25, 0.3) is 0 Å². The highest BCUT2D eigenvalue weighted by atomic mass is 16.5. The van der Waals surface area contributed by atoms with Crippen LogP contribution in [0.1, 0.15) is 149 Å². The predicted molar refractivity (Wildman–Crippen MR) is 142 cm³/mol. The first-order valence-electron chi connectivity index (χ1n) is 14.3. The standard InChI is InChI=1S/C29H57NO3/c1-5-7-9-11-13-15-17-19-21-23-28(30(25-27(3)31)26-29(32)33-4)24-22-20-18-16-14-12-10-8-6-2/h28H,5-26H2,1-4H3. The van der Waals surface area contributed by atoms with Crippen molar-refractivity contribution in [3.63, 3.8) is 0 Å². The van der Waals surface area contributed by atoms with Gasteiger partial charge in [-0.2, -0.15) is 0 Å². The molecule has 0 aliphatic carbocycles. The van der Waals surface area contributed by atoms with Crippen LogP contribution in [0, 0.1) is 0 Å². The molecule has 4 heteroatoms. The van der Waals surface area contributed by atoms with Crippen molar-refractivity contribution < 1.29 is 14.3 Å². The van der Waals surface area contributed by atoms with Crippen LogP contribution in [0.15, 0.2) is 0 Å². The molecule has 0 saturated carbocycles. The van der Waals surface area contributed by atoms with Gasteiger partial charge in [-0.3, -0.25) is 14.5 Å². The molecule has 0 aliphatic heterocycles. The Morgan fingerprint density at radius 3 is 1.30 bits per heavy atom. The zero-order valence-electron chi connectivity index (χ0n) is 22.8. The van der Waals surface area contributed by atoms with Crippen molar-refractivity contribution in [3.05, 3.63) is 0 Å². The fourth-order valence-electron chi connectivity index (χ4n) is 4.72. The van der Waals surface area contributed by atoms with Crippen LogP contribution < -0.4 is 0 Å². The Hall–Kier alpha value is -0.900. The Bertz CT molecular complexity index is 430. The summed E-state index contributed by atoms with van der Waals surface area (Å²) in [7, 11) is 1.43. The van der Waals surface area contributed by atoms with Crippen molar-refractivity contribution in [1.82, 2.24) is 4.90 Å². The number of carbonyl (C=O) groups is 2. The van der Waals surface area contributed by atoms with Crippen LogP contribution >= 0.6 is 0 Å². The summed E-state index contributed by atoms with van der Waals surface area (Å²) in [5.41, 5.74) is 0. The van der Waals surface area contributed by atoms with Gasteiger partial charge in [-0.15, -0.1) is 0 Å². The summed E-state index contributed by atoms with van der Waals surface area (Å²) >= 11 is 0. The van der Waals surface area contributed by atoms with E-state index in [-0.39, 0.29) is 18.3 Å². The second-order valence-electron chi connectivity index (χ2n) is 10.1. The lowest BCUT2D eigenvalue weighted by atomic mass is 9.98. The molecular weight excluding hydrogens is 410 g/mol. The number of nitrogens with zero attached hydrogens (tertiary/aromatic N) is 1. The number of hydrogen-bond donors (Lipinski definition) is 0. The average Bonchev–Trinajstić information content (AvgIpc) is 2.79. The van der Waals surface area contributed by atoms with Gasteiger partial charge >= 0.3 is 5.97 Å². The molecule has 0 amide bonds. The van der Waals surface area contributed by atoms with E-state index in [1.165, 1.54) is 123 Å². The molecule has 0 aliphatic rings. The summed E-state index contributed by atoms with van der Waals surface area (Å²) < 4.78 is 4.92. The number of Topliss-reactive ketones (excluding diaryl/α,β-unsaturated/α-hetero) is 1. The van der Waals surface area contributed by atoms with Gasteiger partial charge in [0, 0.05) is 6.04 Å². The third-order valence-corrected chi connectivity index (χ3v) is 6.78. The van der Waals surface area contributed by atoms with Crippen molar-refractivity contribution in [2.45, 2.75) is 155 Å². The maximum Gasteiger partial charge on any atom is 0.319 e. The number of unbranched alkanes of at least 4 members (excludes halogenated alkanes) is 16. The van der Waals surface area contributed by atoms with Crippen molar-refractivity contribution in [2.24, 2.45) is 0 Å². The molecule has 0 aromatic heterocycles. The minimum atomic E-state index is -0.236. The fourth-order valence-corrected chi connectivity index (χ4v) is 4.72. The topological polar surface area (TPSA) is 46.6 Å². The Labute approximate surface area is 206 Å². The summed E-state index contributed by atoms with van der Waals surface area (Å²) in [6, 6.07) is 0.308. The van der Waals surface area contributed by atoms with Crippen LogP contribution in [0.5, 0.6) is 0 Å². The lowest BCUT2D eigenvalue weighted by Crippen LogP contribution is -2.42. The molecule has 0 radical (unpaired) electrons. The number of ketones is 1. The highest BCUT2D eigenvalue weighted by Gasteiger charge is 2.22. The number of rotatable bonds is 25. The SMILES string of the molecule is CCCCCCCCCCCC(CCCCCCCCCCC)N(CC(C)=O)CC(=O)OC.